The van der Waals surface area contributed by atoms with E-state index in [1.807, 2.05) is 0 Å². The highest BCUT2D eigenvalue weighted by atomic mass is 16.5. The zero-order valence-corrected chi connectivity index (χ0v) is 5.70. The Morgan fingerprint density at radius 2 is 2.10 bits per heavy atom. The fourth-order valence-corrected chi connectivity index (χ4v) is 0.709. The zero-order valence-electron chi connectivity index (χ0n) is 5.70. The van der Waals surface area contributed by atoms with E-state index in [4.69, 9.17) is 4.74 Å². The van der Waals surface area contributed by atoms with E-state index < -0.39 is 5.54 Å². The highest BCUT2D eigenvalue weighted by Crippen LogP contribution is 2.09. The van der Waals surface area contributed by atoms with Crippen LogP contribution in [0.1, 0.15) is 0 Å². The van der Waals surface area contributed by atoms with E-state index in [1.54, 1.807) is 19.2 Å². The Balaban J connectivity index is 2.80. The smallest absolute Gasteiger partial charge is 0.148 e. The van der Waals surface area contributed by atoms with Crippen LogP contribution < -0.4 is 5.32 Å². The minimum Gasteiger partial charge on any atom is -0.473 e. The quantitative estimate of drug-likeness (QED) is 0.555. The number of carbonyl (C=O) groups excluding carboxylic acids is 1. The molecule has 0 unspecified atom stereocenters. The van der Waals surface area contributed by atoms with E-state index in [0.29, 0.717) is 0 Å². The molecule has 0 bridgehead atoms. The number of likely N-dealkylation sites (N-methyl/N-ethyl adjacent to an activating group) is 1. The molecule has 0 fully saturated rings. The Labute approximate surface area is 59.4 Å². The van der Waals surface area contributed by atoms with Gasteiger partial charge < -0.3 is 14.8 Å². The van der Waals surface area contributed by atoms with Gasteiger partial charge in [0, 0.05) is 0 Å². The second-order valence-corrected chi connectivity index (χ2v) is 2.04. The molecular formula is C7H9NO2. The molecule has 1 heterocycles. The average Bonchev–Trinajstić information content (AvgIpc) is 2.06. The molecule has 1 aliphatic rings. The molecule has 1 aliphatic heterocycles. The van der Waals surface area contributed by atoms with Crippen LogP contribution in [-0.2, 0) is 9.53 Å². The molecule has 0 atom stereocenters. The molecule has 3 nitrogen and oxygen atoms in total. The summed E-state index contributed by atoms with van der Waals surface area (Å²) in [6, 6.07) is 0. The Morgan fingerprint density at radius 3 is 2.40 bits per heavy atom. The molecule has 0 aromatic heterocycles. The van der Waals surface area contributed by atoms with Crippen molar-refractivity contribution >= 4 is 6.29 Å². The first-order chi connectivity index (χ1) is 4.83. The van der Waals surface area contributed by atoms with Gasteiger partial charge in [-0.3, -0.25) is 0 Å². The molecule has 1 rings (SSSR count). The minimum absolute atomic E-state index is 0.655. The van der Waals surface area contributed by atoms with Crippen LogP contribution in [0.4, 0.5) is 0 Å². The maximum absolute atomic E-state index is 10.5. The summed E-state index contributed by atoms with van der Waals surface area (Å²) < 4.78 is 4.77. The van der Waals surface area contributed by atoms with Gasteiger partial charge in [-0.25, -0.2) is 0 Å². The van der Waals surface area contributed by atoms with Crippen LogP contribution in [0.15, 0.2) is 24.7 Å². The molecule has 0 aromatic rings. The largest absolute Gasteiger partial charge is 0.473 e. The summed E-state index contributed by atoms with van der Waals surface area (Å²) in [6.07, 6.45) is 7.08. The van der Waals surface area contributed by atoms with Crippen molar-refractivity contribution in [2.75, 3.05) is 7.05 Å². The van der Waals surface area contributed by atoms with Gasteiger partial charge in [0.1, 0.15) is 11.8 Å². The van der Waals surface area contributed by atoms with E-state index in [2.05, 4.69) is 5.32 Å². The summed E-state index contributed by atoms with van der Waals surface area (Å²) >= 11 is 0. The van der Waals surface area contributed by atoms with Gasteiger partial charge in [-0.1, -0.05) is 0 Å². The van der Waals surface area contributed by atoms with E-state index >= 15 is 0 Å². The predicted octanol–water partition coefficient (Wildman–Crippen LogP) is 0.201. The molecule has 0 amide bonds. The summed E-state index contributed by atoms with van der Waals surface area (Å²) in [5, 5.41) is 2.85. The van der Waals surface area contributed by atoms with Gasteiger partial charge in [-0.2, -0.15) is 0 Å². The first-order valence-electron chi connectivity index (χ1n) is 2.99. The van der Waals surface area contributed by atoms with Crippen LogP contribution in [0, 0.1) is 0 Å². The summed E-state index contributed by atoms with van der Waals surface area (Å²) in [5.74, 6) is 0. The molecule has 3 heteroatoms. The molecule has 0 spiro atoms. The second kappa shape index (κ2) is 2.66. The number of rotatable bonds is 2. The third-order valence-electron chi connectivity index (χ3n) is 1.47. The van der Waals surface area contributed by atoms with Gasteiger partial charge >= 0.3 is 0 Å². The SMILES string of the molecule is CNC1(C=O)C=COC=C1. The topological polar surface area (TPSA) is 38.3 Å². The summed E-state index contributed by atoms with van der Waals surface area (Å²) in [4.78, 5) is 10.5. The van der Waals surface area contributed by atoms with Gasteiger partial charge in [-0.05, 0) is 19.2 Å². The zero-order chi connectivity index (χ0) is 7.45. The van der Waals surface area contributed by atoms with Gasteiger partial charge in [0.25, 0.3) is 0 Å². The molecule has 0 aliphatic carbocycles. The first kappa shape index (κ1) is 7.02. The van der Waals surface area contributed by atoms with Gasteiger partial charge in [0.15, 0.2) is 0 Å². The molecule has 1 N–H and O–H groups in total. The third-order valence-corrected chi connectivity index (χ3v) is 1.47. The molecule has 0 saturated carbocycles. The summed E-state index contributed by atoms with van der Waals surface area (Å²) in [7, 11) is 1.72. The molecule has 0 saturated heterocycles. The van der Waals surface area contributed by atoms with Crippen LogP contribution in [0.2, 0.25) is 0 Å². The molecule has 10 heavy (non-hydrogen) atoms. The number of carbonyl (C=O) groups is 1. The van der Waals surface area contributed by atoms with Crippen LogP contribution in [-0.4, -0.2) is 18.9 Å². The maximum atomic E-state index is 10.5. The third kappa shape index (κ3) is 1.09. The minimum atomic E-state index is -0.655. The lowest BCUT2D eigenvalue weighted by Crippen LogP contribution is -2.41. The monoisotopic (exact) mass is 139 g/mol. The lowest BCUT2D eigenvalue weighted by Gasteiger charge is -2.20. The lowest BCUT2D eigenvalue weighted by molar-refractivity contribution is -0.110. The Kier molecular flexibility index (Phi) is 1.87. The summed E-state index contributed by atoms with van der Waals surface area (Å²) in [6.45, 7) is 0. The van der Waals surface area contributed by atoms with Crippen LogP contribution in [0.25, 0.3) is 0 Å². The fraction of sp³-hybridized carbons (Fsp3) is 0.286. The maximum Gasteiger partial charge on any atom is 0.148 e. The number of ether oxygens (including phenoxy) is 1. The van der Waals surface area contributed by atoms with Crippen molar-refractivity contribution in [1.82, 2.24) is 5.32 Å². The van der Waals surface area contributed by atoms with Crippen molar-refractivity contribution < 1.29 is 9.53 Å². The van der Waals surface area contributed by atoms with E-state index in [9.17, 15) is 4.79 Å². The van der Waals surface area contributed by atoms with E-state index in [1.165, 1.54) is 12.5 Å². The number of nitrogens with one attached hydrogen (secondary N) is 1. The number of aldehydes is 1. The lowest BCUT2D eigenvalue weighted by atomic mass is 10.0. The van der Waals surface area contributed by atoms with Crippen molar-refractivity contribution in [2.45, 2.75) is 5.54 Å². The van der Waals surface area contributed by atoms with E-state index in [0.717, 1.165) is 6.29 Å². The molecular weight excluding hydrogens is 130 g/mol. The highest BCUT2D eigenvalue weighted by Gasteiger charge is 2.22. The normalized spacial score (nSPS) is 20.1. The molecule has 0 aromatic carbocycles. The van der Waals surface area contributed by atoms with Crippen LogP contribution in [0.5, 0.6) is 0 Å². The number of hydrogen-bond donors (Lipinski definition) is 1. The van der Waals surface area contributed by atoms with Crippen molar-refractivity contribution in [3.8, 4) is 0 Å². The van der Waals surface area contributed by atoms with Crippen LogP contribution in [0.3, 0.4) is 0 Å². The first-order valence-corrected chi connectivity index (χ1v) is 2.99. The molecule has 0 radical (unpaired) electrons. The Morgan fingerprint density at radius 1 is 1.50 bits per heavy atom. The summed E-state index contributed by atoms with van der Waals surface area (Å²) in [5.41, 5.74) is -0.655. The van der Waals surface area contributed by atoms with Gasteiger partial charge in [0.05, 0.1) is 12.5 Å². The van der Waals surface area contributed by atoms with Gasteiger partial charge in [-0.15, -0.1) is 0 Å². The Bertz CT molecular complexity index is 172. The number of hydrogen-bond acceptors (Lipinski definition) is 3. The van der Waals surface area contributed by atoms with Crippen molar-refractivity contribution in [3.63, 3.8) is 0 Å². The molecule has 54 valence electrons. The second-order valence-electron chi connectivity index (χ2n) is 2.04. The standard InChI is InChI=1S/C7H9NO2/c1-8-7(6-9)2-4-10-5-3-7/h2-6,8H,1H3. The predicted molar refractivity (Wildman–Crippen MR) is 37.2 cm³/mol. The van der Waals surface area contributed by atoms with Crippen molar-refractivity contribution in [2.24, 2.45) is 0 Å². The van der Waals surface area contributed by atoms with E-state index in [-0.39, 0.29) is 0 Å². The highest BCUT2D eigenvalue weighted by molar-refractivity contribution is 5.71. The van der Waals surface area contributed by atoms with Crippen molar-refractivity contribution in [1.29, 1.82) is 0 Å². The fourth-order valence-electron chi connectivity index (χ4n) is 0.709. The van der Waals surface area contributed by atoms with Crippen LogP contribution >= 0.6 is 0 Å². The van der Waals surface area contributed by atoms with Crippen molar-refractivity contribution in [3.05, 3.63) is 24.7 Å². The average molecular weight is 139 g/mol. The Hall–Kier alpha value is -1.09. The van der Waals surface area contributed by atoms with Gasteiger partial charge in [0.2, 0.25) is 0 Å².